The van der Waals surface area contributed by atoms with Crippen LogP contribution < -0.4 is 0 Å². The van der Waals surface area contributed by atoms with Gasteiger partial charge in [-0.3, -0.25) is 0 Å². The summed E-state index contributed by atoms with van der Waals surface area (Å²) in [7, 11) is 0. The van der Waals surface area contributed by atoms with Crippen LogP contribution in [0.1, 0.15) is 73.9 Å². The van der Waals surface area contributed by atoms with E-state index < -0.39 is 5.41 Å². The highest BCUT2D eigenvalue weighted by atomic mass is 15.0. The third-order valence-corrected chi connectivity index (χ3v) is 15.8. The van der Waals surface area contributed by atoms with Gasteiger partial charge in [-0.2, -0.15) is 0 Å². The molecule has 2 aromatic heterocycles. The number of nitrogens with zero attached hydrogens (tertiary/aromatic N) is 2. The minimum absolute atomic E-state index is 0.0908. The number of benzene rings is 9. The lowest BCUT2D eigenvalue weighted by molar-refractivity contribution is 0.332. The number of fused-ring (bicyclic) bond motifs is 19. The molecule has 0 bridgehead atoms. The minimum atomic E-state index is -0.420. The van der Waals surface area contributed by atoms with Crippen molar-refractivity contribution in [2.45, 2.75) is 56.8 Å². The van der Waals surface area contributed by atoms with Gasteiger partial charge in [0.25, 0.3) is 0 Å². The van der Waals surface area contributed by atoms with Crippen LogP contribution in [0.4, 0.5) is 0 Å². The lowest BCUT2D eigenvalue weighted by Crippen LogP contribution is -2.33. The van der Waals surface area contributed by atoms with Gasteiger partial charge in [-0.25, -0.2) is 0 Å². The average Bonchev–Trinajstić information content (AvgIpc) is 4.01. The van der Waals surface area contributed by atoms with Crippen LogP contribution in [0.5, 0.6) is 0 Å². The third-order valence-electron chi connectivity index (χ3n) is 15.8. The van der Waals surface area contributed by atoms with Gasteiger partial charge < -0.3 is 9.13 Å². The predicted molar refractivity (Wildman–Crippen MR) is 264 cm³/mol. The van der Waals surface area contributed by atoms with E-state index in [0.29, 0.717) is 0 Å². The quantitative estimate of drug-likeness (QED) is 0.165. The summed E-state index contributed by atoms with van der Waals surface area (Å²) in [5.74, 6) is 0. The maximum atomic E-state index is 2.58. The second-order valence-corrected chi connectivity index (χ2v) is 19.9. The molecule has 0 saturated carbocycles. The second-order valence-electron chi connectivity index (χ2n) is 19.9. The normalized spacial score (nSPS) is 16.2. The standard InChI is InChI=1S/C61H46N2/c1-59(2)30-31-60(3,4)53-36-57-45(33-52(53)59)46-34-56-47(35-55(46)62(57)38-17-6-5-7-18-38)58-40-19-9-8-16-37(40)26-29-54(58)63(56)39-27-28-44-43-22-12-15-25-50(43)61(51(44)32-39)48-23-13-10-20-41(48)42-21-11-14-24-49(42)61/h5-29,32-36H,30-31H2,1-4H3. The smallest absolute Gasteiger partial charge is 0.0726 e. The van der Waals surface area contributed by atoms with Gasteiger partial charge >= 0.3 is 0 Å². The lowest BCUT2D eigenvalue weighted by atomic mass is 9.63. The van der Waals surface area contributed by atoms with Crippen molar-refractivity contribution in [2.24, 2.45) is 0 Å². The minimum Gasteiger partial charge on any atom is -0.309 e. The zero-order valence-corrected chi connectivity index (χ0v) is 36.1. The van der Waals surface area contributed by atoms with Crippen molar-refractivity contribution in [1.29, 1.82) is 0 Å². The molecule has 0 unspecified atom stereocenters. The molecule has 2 nitrogen and oxygen atoms in total. The summed E-state index contributed by atoms with van der Waals surface area (Å²) < 4.78 is 5.12. The van der Waals surface area contributed by atoms with Gasteiger partial charge in [-0.15, -0.1) is 0 Å². The Morgan fingerprint density at radius 1 is 0.333 bits per heavy atom. The molecule has 0 fully saturated rings. The monoisotopic (exact) mass is 806 g/mol. The molecule has 0 atom stereocenters. The summed E-state index contributed by atoms with van der Waals surface area (Å²) in [6, 6.07) is 69.6. The Labute approximate surface area is 367 Å². The van der Waals surface area contributed by atoms with Crippen LogP contribution in [-0.4, -0.2) is 9.13 Å². The highest BCUT2D eigenvalue weighted by molar-refractivity contribution is 6.25. The Morgan fingerprint density at radius 3 is 1.52 bits per heavy atom. The summed E-state index contributed by atoms with van der Waals surface area (Å²) in [5.41, 5.74) is 20.9. The molecule has 9 aromatic carbocycles. The van der Waals surface area contributed by atoms with Gasteiger partial charge in [0, 0.05) is 32.9 Å². The molecule has 0 saturated heterocycles. The first-order chi connectivity index (χ1) is 30.7. The zero-order chi connectivity index (χ0) is 42.0. The number of hydrogen-bond donors (Lipinski definition) is 0. The summed E-state index contributed by atoms with van der Waals surface area (Å²) in [6.07, 6.45) is 2.36. The van der Waals surface area contributed by atoms with Crippen molar-refractivity contribution < 1.29 is 0 Å². The number of para-hydroxylation sites is 1. The van der Waals surface area contributed by atoms with Gasteiger partial charge in [0.15, 0.2) is 0 Å². The van der Waals surface area contributed by atoms with E-state index in [0.717, 1.165) is 0 Å². The SMILES string of the molecule is CC1(C)CCC(C)(C)c2cc3c(cc21)c1cc2c(cc1n3-c1ccccc1)c1c3ccccc3ccc1n2-c1ccc2c(c1)C1(c3ccccc3-c3ccccc31)c1ccccc1-2. The molecular formula is C61H46N2. The van der Waals surface area contributed by atoms with E-state index in [1.165, 1.54) is 134 Å². The molecule has 0 aliphatic heterocycles. The third kappa shape index (κ3) is 4.43. The van der Waals surface area contributed by atoms with Crippen LogP contribution in [0.2, 0.25) is 0 Å². The summed E-state index contributed by atoms with van der Waals surface area (Å²) in [5, 5.41) is 7.72. The number of hydrogen-bond acceptors (Lipinski definition) is 0. The average molecular weight is 807 g/mol. The van der Waals surface area contributed by atoms with Crippen LogP contribution in [-0.2, 0) is 16.2 Å². The molecule has 0 radical (unpaired) electrons. The van der Waals surface area contributed by atoms with Gasteiger partial charge in [0.2, 0.25) is 0 Å². The van der Waals surface area contributed by atoms with Crippen molar-refractivity contribution in [3.63, 3.8) is 0 Å². The summed E-state index contributed by atoms with van der Waals surface area (Å²) in [4.78, 5) is 0. The van der Waals surface area contributed by atoms with Crippen molar-refractivity contribution in [3.8, 4) is 33.6 Å². The molecular weight excluding hydrogens is 761 g/mol. The van der Waals surface area contributed by atoms with E-state index in [1.807, 2.05) is 0 Å². The van der Waals surface area contributed by atoms with E-state index in [-0.39, 0.29) is 10.8 Å². The fourth-order valence-corrected chi connectivity index (χ4v) is 12.7. The second kappa shape index (κ2) is 12.1. The van der Waals surface area contributed by atoms with E-state index >= 15 is 0 Å². The van der Waals surface area contributed by atoms with Crippen molar-refractivity contribution >= 4 is 54.4 Å². The zero-order valence-electron chi connectivity index (χ0n) is 36.1. The Hall–Kier alpha value is -7.16. The van der Waals surface area contributed by atoms with E-state index in [1.54, 1.807) is 0 Å². The Bertz CT molecular complexity index is 3730. The highest BCUT2D eigenvalue weighted by Gasteiger charge is 2.51. The predicted octanol–water partition coefficient (Wildman–Crippen LogP) is 15.7. The molecule has 14 rings (SSSR count). The summed E-state index contributed by atoms with van der Waals surface area (Å²) >= 11 is 0. The molecule has 300 valence electrons. The van der Waals surface area contributed by atoms with Crippen LogP contribution in [0.15, 0.2) is 182 Å². The largest absolute Gasteiger partial charge is 0.309 e. The Kier molecular flexibility index (Phi) is 6.78. The Morgan fingerprint density at radius 2 is 0.841 bits per heavy atom. The van der Waals surface area contributed by atoms with Gasteiger partial charge in [-0.05, 0) is 145 Å². The maximum absolute atomic E-state index is 2.58. The molecule has 3 aliphatic rings. The van der Waals surface area contributed by atoms with E-state index in [9.17, 15) is 0 Å². The van der Waals surface area contributed by atoms with Crippen LogP contribution in [0.25, 0.3) is 88.0 Å². The molecule has 0 amide bonds. The molecule has 11 aromatic rings. The van der Waals surface area contributed by atoms with E-state index in [2.05, 4.69) is 219 Å². The molecule has 0 N–H and O–H groups in total. The van der Waals surface area contributed by atoms with E-state index in [4.69, 9.17) is 0 Å². The molecule has 2 heterocycles. The number of aromatic nitrogens is 2. The lowest BCUT2D eigenvalue weighted by Gasteiger charge is -2.42. The summed E-state index contributed by atoms with van der Waals surface area (Å²) in [6.45, 7) is 9.78. The first-order valence-corrected chi connectivity index (χ1v) is 22.7. The number of rotatable bonds is 2. The first kappa shape index (κ1) is 35.4. The molecule has 2 heteroatoms. The fraction of sp³-hybridized carbons (Fsp3) is 0.148. The van der Waals surface area contributed by atoms with Crippen LogP contribution in [0.3, 0.4) is 0 Å². The topological polar surface area (TPSA) is 9.86 Å². The maximum Gasteiger partial charge on any atom is 0.0726 e. The van der Waals surface area contributed by atoms with Gasteiger partial charge in [0.05, 0.1) is 27.5 Å². The van der Waals surface area contributed by atoms with Crippen LogP contribution >= 0.6 is 0 Å². The highest BCUT2D eigenvalue weighted by Crippen LogP contribution is 2.63. The van der Waals surface area contributed by atoms with Crippen molar-refractivity contribution in [3.05, 3.63) is 215 Å². The first-order valence-electron chi connectivity index (χ1n) is 22.7. The molecule has 3 aliphatic carbocycles. The van der Waals surface area contributed by atoms with Crippen molar-refractivity contribution in [1.82, 2.24) is 9.13 Å². The molecule has 1 spiro atoms. The van der Waals surface area contributed by atoms with Crippen molar-refractivity contribution in [2.75, 3.05) is 0 Å². The van der Waals surface area contributed by atoms with Gasteiger partial charge in [-0.1, -0.05) is 155 Å². The van der Waals surface area contributed by atoms with Gasteiger partial charge in [0.1, 0.15) is 0 Å². The van der Waals surface area contributed by atoms with Crippen LogP contribution in [0, 0.1) is 0 Å². The Balaban J connectivity index is 1.13. The molecule has 63 heavy (non-hydrogen) atoms. The fourth-order valence-electron chi connectivity index (χ4n) is 12.7.